The zero-order valence-corrected chi connectivity index (χ0v) is 34.4. The molecule has 0 fully saturated rings. The standard InChI is InChI=1S/C45H89NO5/c1-3-5-7-9-11-13-15-16-18-21-25-29-33-37-43(48)42(41-47)46-44(49)38-34-30-26-22-19-20-24-28-32-36-40-51-45(50)39-35-31-27-23-17-14-12-10-8-6-4-2/h42-43,47-48H,3-41H2,1-2H3,(H,46,49). The van der Waals surface area contributed by atoms with Gasteiger partial charge in [-0.15, -0.1) is 0 Å². The van der Waals surface area contributed by atoms with Gasteiger partial charge in [-0.05, 0) is 25.7 Å². The van der Waals surface area contributed by atoms with Crippen LogP contribution in [-0.4, -0.2) is 47.4 Å². The number of amides is 1. The molecule has 51 heavy (non-hydrogen) atoms. The molecule has 1 amide bonds. The summed E-state index contributed by atoms with van der Waals surface area (Å²) < 4.78 is 5.43. The van der Waals surface area contributed by atoms with Gasteiger partial charge < -0.3 is 20.3 Å². The minimum Gasteiger partial charge on any atom is -0.466 e. The number of esters is 1. The van der Waals surface area contributed by atoms with Gasteiger partial charge in [0, 0.05) is 12.8 Å². The normalized spacial score (nSPS) is 12.6. The monoisotopic (exact) mass is 724 g/mol. The van der Waals surface area contributed by atoms with E-state index in [0.717, 1.165) is 57.8 Å². The van der Waals surface area contributed by atoms with Crippen LogP contribution < -0.4 is 5.32 Å². The second-order valence-electron chi connectivity index (χ2n) is 15.7. The number of aliphatic hydroxyl groups excluding tert-OH is 2. The predicted octanol–water partition coefficient (Wildman–Crippen LogP) is 12.8. The van der Waals surface area contributed by atoms with Crippen molar-refractivity contribution in [2.45, 2.75) is 264 Å². The van der Waals surface area contributed by atoms with Crippen LogP contribution in [0.2, 0.25) is 0 Å². The van der Waals surface area contributed by atoms with E-state index in [1.54, 1.807) is 0 Å². The summed E-state index contributed by atoms with van der Waals surface area (Å²) in [6, 6.07) is -0.555. The molecule has 6 nitrogen and oxygen atoms in total. The van der Waals surface area contributed by atoms with Crippen molar-refractivity contribution in [3.8, 4) is 0 Å². The maximum Gasteiger partial charge on any atom is 0.305 e. The Morgan fingerprint density at radius 2 is 0.804 bits per heavy atom. The van der Waals surface area contributed by atoms with Crippen LogP contribution in [0.5, 0.6) is 0 Å². The Balaban J connectivity index is 3.48. The van der Waals surface area contributed by atoms with E-state index < -0.39 is 12.1 Å². The van der Waals surface area contributed by atoms with E-state index in [2.05, 4.69) is 19.2 Å². The first-order chi connectivity index (χ1) is 25.0. The van der Waals surface area contributed by atoms with Gasteiger partial charge >= 0.3 is 5.97 Å². The van der Waals surface area contributed by atoms with Crippen LogP contribution in [0.3, 0.4) is 0 Å². The fourth-order valence-electron chi connectivity index (χ4n) is 7.11. The molecule has 0 rings (SSSR count). The lowest BCUT2D eigenvalue weighted by Gasteiger charge is -2.22. The van der Waals surface area contributed by atoms with Crippen LogP contribution in [0.25, 0.3) is 0 Å². The van der Waals surface area contributed by atoms with Crippen LogP contribution in [0.15, 0.2) is 0 Å². The highest BCUT2D eigenvalue weighted by Gasteiger charge is 2.20. The fourth-order valence-corrected chi connectivity index (χ4v) is 7.11. The van der Waals surface area contributed by atoms with E-state index in [0.29, 0.717) is 25.9 Å². The number of aliphatic hydroxyl groups is 2. The summed E-state index contributed by atoms with van der Waals surface area (Å²) in [4.78, 5) is 24.3. The minimum atomic E-state index is -0.675. The van der Waals surface area contributed by atoms with Gasteiger partial charge in [0.15, 0.2) is 0 Å². The lowest BCUT2D eigenvalue weighted by molar-refractivity contribution is -0.143. The van der Waals surface area contributed by atoms with Crippen molar-refractivity contribution in [1.29, 1.82) is 0 Å². The Hall–Kier alpha value is -1.14. The molecule has 3 N–H and O–H groups in total. The van der Waals surface area contributed by atoms with Crippen molar-refractivity contribution in [3.63, 3.8) is 0 Å². The number of carbonyl (C=O) groups excluding carboxylic acids is 2. The molecule has 2 atom stereocenters. The summed E-state index contributed by atoms with van der Waals surface area (Å²) in [7, 11) is 0. The summed E-state index contributed by atoms with van der Waals surface area (Å²) in [6.45, 7) is 4.89. The number of ether oxygens (including phenoxy) is 1. The van der Waals surface area contributed by atoms with Crippen molar-refractivity contribution < 1.29 is 24.5 Å². The molecular weight excluding hydrogens is 634 g/mol. The van der Waals surface area contributed by atoms with Gasteiger partial charge in [-0.1, -0.05) is 213 Å². The highest BCUT2D eigenvalue weighted by Crippen LogP contribution is 2.16. The summed E-state index contributed by atoms with van der Waals surface area (Å²) in [5.41, 5.74) is 0. The number of hydrogen-bond acceptors (Lipinski definition) is 5. The SMILES string of the molecule is CCCCCCCCCCCCCCCC(O)C(CO)NC(=O)CCCCCCCCCCCCOC(=O)CCCCCCCCCCCCC. The van der Waals surface area contributed by atoms with E-state index in [-0.39, 0.29) is 18.5 Å². The molecule has 0 radical (unpaired) electrons. The quantitative estimate of drug-likeness (QED) is 0.0430. The average molecular weight is 724 g/mol. The lowest BCUT2D eigenvalue weighted by atomic mass is 10.0. The van der Waals surface area contributed by atoms with Gasteiger partial charge in [0.1, 0.15) is 0 Å². The third-order valence-corrected chi connectivity index (χ3v) is 10.7. The van der Waals surface area contributed by atoms with Crippen LogP contribution in [-0.2, 0) is 14.3 Å². The van der Waals surface area contributed by atoms with Crippen LogP contribution in [0.1, 0.15) is 251 Å². The summed E-state index contributed by atoms with van der Waals surface area (Å²) in [5.74, 6) is -0.0762. The van der Waals surface area contributed by atoms with Gasteiger partial charge in [0.25, 0.3) is 0 Å². The molecule has 0 bridgehead atoms. The first-order valence-corrected chi connectivity index (χ1v) is 22.8. The molecule has 6 heteroatoms. The first-order valence-electron chi connectivity index (χ1n) is 22.8. The third kappa shape index (κ3) is 38.4. The predicted molar refractivity (Wildman–Crippen MR) is 218 cm³/mol. The van der Waals surface area contributed by atoms with E-state index in [4.69, 9.17) is 4.74 Å². The molecule has 2 unspecified atom stereocenters. The second kappa shape index (κ2) is 41.6. The molecule has 0 aliphatic rings. The molecule has 0 saturated heterocycles. The molecule has 0 saturated carbocycles. The zero-order chi connectivity index (χ0) is 37.3. The highest BCUT2D eigenvalue weighted by atomic mass is 16.5. The maximum absolute atomic E-state index is 12.4. The van der Waals surface area contributed by atoms with E-state index in [9.17, 15) is 19.8 Å². The minimum absolute atomic E-state index is 0.0190. The van der Waals surface area contributed by atoms with Crippen molar-refractivity contribution in [2.75, 3.05) is 13.2 Å². The molecule has 304 valence electrons. The van der Waals surface area contributed by atoms with Gasteiger partial charge in [0.05, 0.1) is 25.4 Å². The molecule has 0 aromatic heterocycles. The van der Waals surface area contributed by atoms with Crippen molar-refractivity contribution in [3.05, 3.63) is 0 Å². The molecule has 0 spiro atoms. The topological polar surface area (TPSA) is 95.9 Å². The summed E-state index contributed by atoms with van der Waals surface area (Å²) in [5, 5.41) is 23.1. The van der Waals surface area contributed by atoms with Crippen LogP contribution >= 0.6 is 0 Å². The molecule has 0 aromatic rings. The second-order valence-corrected chi connectivity index (χ2v) is 15.7. The van der Waals surface area contributed by atoms with Gasteiger partial charge in [-0.25, -0.2) is 0 Å². The third-order valence-electron chi connectivity index (χ3n) is 10.7. The molecule has 0 aliphatic carbocycles. The Morgan fingerprint density at radius 3 is 1.20 bits per heavy atom. The van der Waals surface area contributed by atoms with Gasteiger partial charge in [-0.2, -0.15) is 0 Å². The molecule has 0 aromatic carbocycles. The number of nitrogens with one attached hydrogen (secondary N) is 1. The average Bonchev–Trinajstić information content (AvgIpc) is 3.13. The number of hydrogen-bond donors (Lipinski definition) is 3. The lowest BCUT2D eigenvalue weighted by Crippen LogP contribution is -2.45. The zero-order valence-electron chi connectivity index (χ0n) is 34.4. The van der Waals surface area contributed by atoms with Crippen LogP contribution in [0.4, 0.5) is 0 Å². The first kappa shape index (κ1) is 49.9. The van der Waals surface area contributed by atoms with Gasteiger partial charge in [0.2, 0.25) is 5.91 Å². The number of unbranched alkanes of at least 4 members (excludes halogenated alkanes) is 31. The van der Waals surface area contributed by atoms with Crippen molar-refractivity contribution in [2.24, 2.45) is 0 Å². The number of rotatable bonds is 42. The largest absolute Gasteiger partial charge is 0.466 e. The van der Waals surface area contributed by atoms with E-state index in [1.807, 2.05) is 0 Å². The maximum atomic E-state index is 12.4. The summed E-state index contributed by atoms with van der Waals surface area (Å²) in [6.07, 6.45) is 43.3. The van der Waals surface area contributed by atoms with E-state index >= 15 is 0 Å². The summed E-state index contributed by atoms with van der Waals surface area (Å²) >= 11 is 0. The Bertz CT molecular complexity index is 717. The molecule has 0 heterocycles. The Morgan fingerprint density at radius 1 is 0.471 bits per heavy atom. The highest BCUT2D eigenvalue weighted by molar-refractivity contribution is 5.76. The fraction of sp³-hybridized carbons (Fsp3) is 0.956. The smallest absolute Gasteiger partial charge is 0.305 e. The molecular formula is C45H89NO5. The van der Waals surface area contributed by atoms with Crippen LogP contribution in [0, 0.1) is 0 Å². The molecule has 0 aliphatic heterocycles. The Kier molecular flexibility index (Phi) is 40.7. The number of carbonyl (C=O) groups is 2. The van der Waals surface area contributed by atoms with Gasteiger partial charge in [-0.3, -0.25) is 9.59 Å². The van der Waals surface area contributed by atoms with Crippen molar-refractivity contribution in [1.82, 2.24) is 5.32 Å². The Labute approximate surface area is 317 Å². The van der Waals surface area contributed by atoms with Crippen molar-refractivity contribution >= 4 is 11.9 Å². The van der Waals surface area contributed by atoms with E-state index in [1.165, 1.54) is 161 Å².